The van der Waals surface area contributed by atoms with Gasteiger partial charge in [-0.3, -0.25) is 0 Å². The van der Waals surface area contributed by atoms with Gasteiger partial charge < -0.3 is 35.3 Å². The zero-order valence-corrected chi connectivity index (χ0v) is 13.6. The normalized spacial score (nSPS) is 31.8. The van der Waals surface area contributed by atoms with Gasteiger partial charge >= 0.3 is 0 Å². The maximum Gasteiger partial charge on any atom is 0.167 e. The van der Waals surface area contributed by atoms with Crippen molar-refractivity contribution >= 4 is 22.5 Å². The molecule has 9 heteroatoms. The van der Waals surface area contributed by atoms with Gasteiger partial charge in [0.15, 0.2) is 6.23 Å². The highest BCUT2D eigenvalue weighted by Crippen LogP contribution is 2.43. The molecule has 132 valence electrons. The van der Waals surface area contributed by atoms with Gasteiger partial charge in [-0.25, -0.2) is 9.97 Å². The molecule has 2 aliphatic heterocycles. The SMILES string of the molecule is C=C1Nc2cn([C@@H]3O[C@H](CO)[C@@H](O)[C@@]3(C)O)c3ncnc(c23)NC1=C. The second-order valence-corrected chi connectivity index (χ2v) is 6.46. The molecule has 2 aliphatic rings. The summed E-state index contributed by atoms with van der Waals surface area (Å²) in [5, 5.41) is 37.3. The van der Waals surface area contributed by atoms with Crippen LogP contribution < -0.4 is 10.6 Å². The van der Waals surface area contributed by atoms with E-state index in [1.807, 2.05) is 0 Å². The van der Waals surface area contributed by atoms with Crippen molar-refractivity contribution < 1.29 is 20.1 Å². The summed E-state index contributed by atoms with van der Waals surface area (Å²) in [6.07, 6.45) is 0.0290. The molecular weight excluding hydrogens is 326 g/mol. The van der Waals surface area contributed by atoms with Gasteiger partial charge in [-0.2, -0.15) is 0 Å². The molecule has 0 bridgehead atoms. The molecule has 9 nitrogen and oxygen atoms in total. The minimum atomic E-state index is -1.61. The molecular formula is C16H19N5O4. The van der Waals surface area contributed by atoms with Crippen molar-refractivity contribution in [3.05, 3.63) is 37.1 Å². The van der Waals surface area contributed by atoms with Crippen molar-refractivity contribution in [2.24, 2.45) is 0 Å². The van der Waals surface area contributed by atoms with Gasteiger partial charge in [0.2, 0.25) is 0 Å². The van der Waals surface area contributed by atoms with Crippen LogP contribution in [0.5, 0.6) is 0 Å². The highest BCUT2D eigenvalue weighted by molar-refractivity contribution is 6.01. The Hall–Kier alpha value is -2.46. The highest BCUT2D eigenvalue weighted by Gasteiger charge is 2.53. The third kappa shape index (κ3) is 2.17. The zero-order chi connectivity index (χ0) is 17.9. The Balaban J connectivity index is 1.90. The van der Waals surface area contributed by atoms with Gasteiger partial charge in [-0.15, -0.1) is 0 Å². The number of ether oxygens (including phenoxy) is 1. The second-order valence-electron chi connectivity index (χ2n) is 6.46. The number of hydrogen-bond acceptors (Lipinski definition) is 8. The first-order valence-corrected chi connectivity index (χ1v) is 7.79. The van der Waals surface area contributed by atoms with E-state index in [-0.39, 0.29) is 0 Å². The van der Waals surface area contributed by atoms with Crippen molar-refractivity contribution in [1.29, 1.82) is 0 Å². The number of aliphatic hydroxyl groups is 3. The van der Waals surface area contributed by atoms with Crippen molar-refractivity contribution in [2.45, 2.75) is 31.0 Å². The minimum Gasteiger partial charge on any atom is -0.394 e. The summed E-state index contributed by atoms with van der Waals surface area (Å²) in [5.74, 6) is 0.548. The number of rotatable bonds is 2. The van der Waals surface area contributed by atoms with Crippen LogP contribution in [-0.4, -0.2) is 54.3 Å². The van der Waals surface area contributed by atoms with E-state index in [1.165, 1.54) is 13.3 Å². The molecule has 4 heterocycles. The molecule has 0 aromatic carbocycles. The predicted octanol–water partition coefficient (Wildman–Crippen LogP) is 0.298. The minimum absolute atomic E-state index is 0.406. The van der Waals surface area contributed by atoms with E-state index in [4.69, 9.17) is 4.74 Å². The third-order valence-corrected chi connectivity index (χ3v) is 4.72. The molecule has 0 amide bonds. The molecule has 1 saturated heterocycles. The average molecular weight is 345 g/mol. The van der Waals surface area contributed by atoms with Crippen molar-refractivity contribution in [3.8, 4) is 0 Å². The standard InChI is InChI=1S/C16H19N5O4/c1-7-8(2)20-13-11-9(19-7)4-21(14(11)18-6-17-13)15-16(3,24)12(23)10(5-22)25-15/h4,6,10,12,15,19,22-24H,1-2,5H2,3H3,(H,17,18,20)/t10-,12-,15-,16-/m1/s1. The van der Waals surface area contributed by atoms with Crippen molar-refractivity contribution in [2.75, 3.05) is 17.2 Å². The molecule has 2 aromatic rings. The molecule has 25 heavy (non-hydrogen) atoms. The Morgan fingerprint density at radius 3 is 2.72 bits per heavy atom. The first kappa shape index (κ1) is 16.0. The molecule has 4 rings (SSSR count). The van der Waals surface area contributed by atoms with Crippen LogP contribution in [-0.2, 0) is 4.74 Å². The van der Waals surface area contributed by atoms with Crippen LogP contribution in [0, 0.1) is 0 Å². The van der Waals surface area contributed by atoms with Gasteiger partial charge in [0.25, 0.3) is 0 Å². The maximum atomic E-state index is 10.7. The molecule has 4 atom stereocenters. The molecule has 0 unspecified atom stereocenters. The number of aliphatic hydroxyl groups excluding tert-OH is 2. The van der Waals surface area contributed by atoms with Crippen molar-refractivity contribution in [1.82, 2.24) is 14.5 Å². The number of nitrogens with one attached hydrogen (secondary N) is 2. The fourth-order valence-corrected chi connectivity index (χ4v) is 3.30. The monoisotopic (exact) mass is 345 g/mol. The highest BCUT2D eigenvalue weighted by atomic mass is 16.6. The van der Waals surface area contributed by atoms with Crippen molar-refractivity contribution in [3.63, 3.8) is 0 Å². The lowest BCUT2D eigenvalue weighted by atomic mass is 9.96. The Morgan fingerprint density at radius 1 is 1.32 bits per heavy atom. The summed E-state index contributed by atoms with van der Waals surface area (Å²) in [4.78, 5) is 8.53. The quantitative estimate of drug-likeness (QED) is 0.526. The van der Waals surface area contributed by atoms with Crippen LogP contribution in [0.2, 0.25) is 0 Å². The number of nitrogens with zero attached hydrogens (tertiary/aromatic N) is 3. The smallest absolute Gasteiger partial charge is 0.167 e. The molecule has 0 radical (unpaired) electrons. The van der Waals surface area contributed by atoms with Crippen LogP contribution in [0.1, 0.15) is 13.2 Å². The maximum absolute atomic E-state index is 10.7. The topological polar surface area (TPSA) is 125 Å². The first-order valence-electron chi connectivity index (χ1n) is 7.79. The van der Waals surface area contributed by atoms with Crippen LogP contribution in [0.4, 0.5) is 11.5 Å². The van der Waals surface area contributed by atoms with E-state index in [1.54, 1.807) is 10.8 Å². The largest absolute Gasteiger partial charge is 0.394 e. The Bertz CT molecular complexity index is 890. The number of hydrogen-bond donors (Lipinski definition) is 5. The molecule has 2 aromatic heterocycles. The lowest BCUT2D eigenvalue weighted by molar-refractivity contribution is -0.0947. The van der Waals surface area contributed by atoms with E-state index < -0.39 is 30.6 Å². The molecule has 5 N–H and O–H groups in total. The predicted molar refractivity (Wildman–Crippen MR) is 90.7 cm³/mol. The van der Waals surface area contributed by atoms with Gasteiger partial charge in [0, 0.05) is 6.20 Å². The summed E-state index contributed by atoms with van der Waals surface area (Å²) in [6.45, 7) is 8.86. The van der Waals surface area contributed by atoms with Crippen LogP contribution >= 0.6 is 0 Å². The summed E-state index contributed by atoms with van der Waals surface area (Å²) < 4.78 is 7.31. The van der Waals surface area contributed by atoms with Crippen LogP contribution in [0.25, 0.3) is 11.0 Å². The first-order chi connectivity index (χ1) is 11.8. The summed E-state index contributed by atoms with van der Waals surface area (Å²) >= 11 is 0. The summed E-state index contributed by atoms with van der Waals surface area (Å²) in [5.41, 5.74) is 0.716. The third-order valence-electron chi connectivity index (χ3n) is 4.72. The van der Waals surface area contributed by atoms with E-state index in [2.05, 4.69) is 33.8 Å². The molecule has 0 saturated carbocycles. The lowest BCUT2D eigenvalue weighted by Crippen LogP contribution is -2.44. The number of aromatic nitrogens is 3. The Kier molecular flexibility index (Phi) is 3.38. The van der Waals surface area contributed by atoms with Crippen LogP contribution in [0.15, 0.2) is 37.1 Å². The zero-order valence-electron chi connectivity index (χ0n) is 13.6. The van der Waals surface area contributed by atoms with Gasteiger partial charge in [-0.05, 0) is 6.92 Å². The Labute approximate surface area is 143 Å². The molecule has 1 fully saturated rings. The molecule has 0 aliphatic carbocycles. The van der Waals surface area contributed by atoms with Crippen LogP contribution in [0.3, 0.4) is 0 Å². The fourth-order valence-electron chi connectivity index (χ4n) is 3.30. The van der Waals surface area contributed by atoms with E-state index in [0.29, 0.717) is 33.9 Å². The van der Waals surface area contributed by atoms with E-state index >= 15 is 0 Å². The average Bonchev–Trinajstić information content (AvgIpc) is 2.99. The van der Waals surface area contributed by atoms with Gasteiger partial charge in [-0.1, -0.05) is 13.2 Å². The van der Waals surface area contributed by atoms with E-state index in [9.17, 15) is 15.3 Å². The number of anilines is 2. The summed E-state index contributed by atoms with van der Waals surface area (Å²) in [6, 6.07) is 0. The summed E-state index contributed by atoms with van der Waals surface area (Å²) in [7, 11) is 0. The lowest BCUT2D eigenvalue weighted by Gasteiger charge is -2.27. The van der Waals surface area contributed by atoms with Gasteiger partial charge in [0.1, 0.15) is 35.6 Å². The second kappa shape index (κ2) is 5.27. The van der Waals surface area contributed by atoms with Gasteiger partial charge in [0.05, 0.1) is 29.1 Å². The van der Waals surface area contributed by atoms with E-state index in [0.717, 1.165) is 0 Å². The Morgan fingerprint density at radius 2 is 2.04 bits per heavy atom. The fraction of sp³-hybridized carbons (Fsp3) is 0.375. The molecule has 0 spiro atoms.